The van der Waals surface area contributed by atoms with Crippen molar-refractivity contribution in [3.8, 4) is 11.4 Å². The van der Waals surface area contributed by atoms with Crippen LogP contribution in [0.1, 0.15) is 30.6 Å². The molecule has 0 radical (unpaired) electrons. The molecule has 0 aliphatic heterocycles. The molecule has 0 bridgehead atoms. The van der Waals surface area contributed by atoms with E-state index in [0.717, 1.165) is 29.9 Å². The fourth-order valence-corrected chi connectivity index (χ4v) is 2.28. The lowest BCUT2D eigenvalue weighted by molar-refractivity contribution is 0.379. The van der Waals surface area contributed by atoms with Gasteiger partial charge in [0, 0.05) is 11.3 Å². The topological polar surface area (TPSA) is 94.5 Å². The summed E-state index contributed by atoms with van der Waals surface area (Å²) in [6.45, 7) is 2.30. The van der Waals surface area contributed by atoms with Gasteiger partial charge in [-0.1, -0.05) is 5.16 Å². The van der Waals surface area contributed by atoms with Crippen molar-refractivity contribution in [2.24, 2.45) is 0 Å². The molecule has 1 aliphatic carbocycles. The van der Waals surface area contributed by atoms with Gasteiger partial charge in [0.1, 0.15) is 0 Å². The Kier molecular flexibility index (Phi) is 3.06. The van der Waals surface area contributed by atoms with Crippen molar-refractivity contribution in [1.29, 1.82) is 0 Å². The van der Waals surface area contributed by atoms with Crippen LogP contribution in [0.2, 0.25) is 0 Å². The van der Waals surface area contributed by atoms with Crippen molar-refractivity contribution in [3.63, 3.8) is 0 Å². The molecule has 22 heavy (non-hydrogen) atoms. The summed E-state index contributed by atoms with van der Waals surface area (Å²) in [5.74, 6) is 2.03. The highest BCUT2D eigenvalue weighted by Gasteiger charge is 2.28. The van der Waals surface area contributed by atoms with E-state index in [-0.39, 0.29) is 0 Å². The van der Waals surface area contributed by atoms with Crippen LogP contribution in [0.15, 0.2) is 28.8 Å². The summed E-state index contributed by atoms with van der Waals surface area (Å²) in [4.78, 5) is 4.15. The largest absolute Gasteiger partial charge is 0.376 e. The lowest BCUT2D eigenvalue weighted by atomic mass is 10.2. The second-order valence-corrected chi connectivity index (χ2v) is 5.34. The Morgan fingerprint density at radius 1 is 1.27 bits per heavy atom. The second kappa shape index (κ2) is 5.21. The molecule has 0 atom stereocenters. The lowest BCUT2D eigenvalue weighted by Crippen LogP contribution is -2.01. The minimum Gasteiger partial charge on any atom is -0.376 e. The van der Waals surface area contributed by atoms with Crippen LogP contribution >= 0.6 is 0 Å². The molecule has 1 fully saturated rings. The zero-order valence-corrected chi connectivity index (χ0v) is 12.1. The first kappa shape index (κ1) is 12.9. The van der Waals surface area contributed by atoms with Crippen molar-refractivity contribution >= 4 is 5.69 Å². The van der Waals surface area contributed by atoms with Crippen molar-refractivity contribution in [3.05, 3.63) is 36.0 Å². The lowest BCUT2D eigenvalue weighted by Gasteiger charge is -2.06. The molecule has 0 unspecified atom stereocenters. The molecule has 4 rings (SSSR count). The number of anilines is 1. The first-order valence-corrected chi connectivity index (χ1v) is 7.21. The zero-order chi connectivity index (χ0) is 14.9. The fraction of sp³-hybridized carbons (Fsp3) is 0.357. The van der Waals surface area contributed by atoms with Crippen LogP contribution in [0.4, 0.5) is 5.69 Å². The molecule has 0 amide bonds. The molecule has 2 heterocycles. The van der Waals surface area contributed by atoms with Gasteiger partial charge in [-0.15, -0.1) is 5.10 Å². The van der Waals surface area contributed by atoms with Gasteiger partial charge in [-0.25, -0.2) is 4.68 Å². The van der Waals surface area contributed by atoms with Gasteiger partial charge < -0.3 is 9.84 Å². The average molecular weight is 297 g/mol. The number of tetrazole rings is 1. The first-order chi connectivity index (χ1) is 10.8. The Hall–Kier alpha value is -2.77. The van der Waals surface area contributed by atoms with Crippen LogP contribution in [-0.2, 0) is 6.54 Å². The summed E-state index contributed by atoms with van der Waals surface area (Å²) in [7, 11) is 0. The van der Waals surface area contributed by atoms with Gasteiger partial charge in [-0.05, 0) is 54.5 Å². The Labute approximate surface area is 126 Å². The van der Waals surface area contributed by atoms with Gasteiger partial charge in [-0.2, -0.15) is 4.98 Å². The van der Waals surface area contributed by atoms with E-state index in [4.69, 9.17) is 4.52 Å². The fourth-order valence-electron chi connectivity index (χ4n) is 2.28. The normalized spacial score (nSPS) is 14.2. The summed E-state index contributed by atoms with van der Waals surface area (Å²) < 4.78 is 6.97. The number of hydrogen-bond donors (Lipinski definition) is 1. The van der Waals surface area contributed by atoms with E-state index in [1.165, 1.54) is 0 Å². The van der Waals surface area contributed by atoms with Crippen LogP contribution in [0.25, 0.3) is 11.4 Å². The highest BCUT2D eigenvalue weighted by Crippen LogP contribution is 2.36. The third-order valence-corrected chi connectivity index (χ3v) is 3.54. The predicted molar refractivity (Wildman–Crippen MR) is 77.9 cm³/mol. The predicted octanol–water partition coefficient (Wildman–Crippen LogP) is 1.98. The smallest absolute Gasteiger partial charge is 0.245 e. The number of benzene rings is 1. The first-order valence-electron chi connectivity index (χ1n) is 7.21. The van der Waals surface area contributed by atoms with E-state index in [0.29, 0.717) is 24.3 Å². The Morgan fingerprint density at radius 2 is 2.09 bits per heavy atom. The van der Waals surface area contributed by atoms with Gasteiger partial charge >= 0.3 is 0 Å². The summed E-state index contributed by atoms with van der Waals surface area (Å²) in [6.07, 6.45) is 2.31. The molecule has 8 nitrogen and oxygen atoms in total. The quantitative estimate of drug-likeness (QED) is 0.769. The third kappa shape index (κ3) is 2.54. The van der Waals surface area contributed by atoms with Gasteiger partial charge in [0.05, 0.1) is 12.6 Å². The number of aromatic nitrogens is 6. The van der Waals surface area contributed by atoms with Crippen molar-refractivity contribution < 1.29 is 4.52 Å². The molecule has 112 valence electrons. The molecule has 1 aromatic carbocycles. The minimum atomic E-state index is 0.462. The molecular formula is C14H15N7O. The number of nitrogens with one attached hydrogen (secondary N) is 1. The van der Waals surface area contributed by atoms with Crippen LogP contribution < -0.4 is 5.32 Å². The van der Waals surface area contributed by atoms with Crippen LogP contribution in [-0.4, -0.2) is 30.3 Å². The van der Waals surface area contributed by atoms with E-state index in [1.54, 1.807) is 6.92 Å². The molecule has 3 aromatic rings. The second-order valence-electron chi connectivity index (χ2n) is 5.34. The maximum Gasteiger partial charge on any atom is 0.245 e. The molecule has 8 heteroatoms. The summed E-state index contributed by atoms with van der Waals surface area (Å²) in [5, 5.41) is 19.0. The molecule has 0 saturated heterocycles. The number of nitrogens with zero attached hydrogens (tertiary/aromatic N) is 6. The van der Waals surface area contributed by atoms with Crippen LogP contribution in [0.5, 0.6) is 0 Å². The van der Waals surface area contributed by atoms with E-state index < -0.39 is 0 Å². The van der Waals surface area contributed by atoms with Gasteiger partial charge in [0.15, 0.2) is 11.6 Å². The number of hydrogen-bond acceptors (Lipinski definition) is 7. The van der Waals surface area contributed by atoms with Crippen LogP contribution in [0.3, 0.4) is 0 Å². The van der Waals surface area contributed by atoms with Gasteiger partial charge in [0.25, 0.3) is 0 Å². The monoisotopic (exact) mass is 297 g/mol. The van der Waals surface area contributed by atoms with Crippen LogP contribution in [0, 0.1) is 6.92 Å². The Balaban J connectivity index is 1.47. The van der Waals surface area contributed by atoms with E-state index in [1.807, 2.05) is 28.9 Å². The third-order valence-electron chi connectivity index (χ3n) is 3.54. The van der Waals surface area contributed by atoms with Gasteiger partial charge in [-0.3, -0.25) is 0 Å². The summed E-state index contributed by atoms with van der Waals surface area (Å²) >= 11 is 0. The highest BCUT2D eigenvalue weighted by atomic mass is 16.5. The number of rotatable bonds is 5. The van der Waals surface area contributed by atoms with E-state index in [9.17, 15) is 0 Å². The highest BCUT2D eigenvalue weighted by molar-refractivity contribution is 5.59. The zero-order valence-electron chi connectivity index (χ0n) is 12.1. The molecule has 1 aliphatic rings. The SMILES string of the molecule is Cc1noc(CNc2ccc(-c3nnnn3C3CC3)cc2)n1. The summed E-state index contributed by atoms with van der Waals surface area (Å²) in [5.41, 5.74) is 1.99. The van der Waals surface area contributed by atoms with E-state index >= 15 is 0 Å². The molecular weight excluding hydrogens is 282 g/mol. The molecule has 2 aromatic heterocycles. The Morgan fingerprint density at radius 3 is 2.77 bits per heavy atom. The molecule has 0 spiro atoms. The minimum absolute atomic E-state index is 0.462. The van der Waals surface area contributed by atoms with Crippen molar-refractivity contribution in [1.82, 2.24) is 30.3 Å². The van der Waals surface area contributed by atoms with Crippen molar-refractivity contribution in [2.75, 3.05) is 5.32 Å². The maximum absolute atomic E-state index is 5.06. The standard InChI is InChI=1S/C14H15N7O/c1-9-16-13(22-18-9)8-15-11-4-2-10(3-5-11)14-17-19-20-21(14)12-6-7-12/h2-5,12,15H,6-8H2,1H3. The average Bonchev–Trinajstić information content (AvgIpc) is 3.11. The Bertz CT molecular complexity index is 773. The summed E-state index contributed by atoms with van der Waals surface area (Å²) in [6, 6.07) is 8.45. The molecule has 1 saturated carbocycles. The maximum atomic E-state index is 5.06. The molecule has 1 N–H and O–H groups in total. The van der Waals surface area contributed by atoms with E-state index in [2.05, 4.69) is 31.0 Å². The number of aryl methyl sites for hydroxylation is 1. The van der Waals surface area contributed by atoms with Gasteiger partial charge in [0.2, 0.25) is 5.89 Å². The van der Waals surface area contributed by atoms with Crippen molar-refractivity contribution in [2.45, 2.75) is 32.4 Å².